The molecule has 3 aromatic rings. The first kappa shape index (κ1) is 22.9. The van der Waals surface area contributed by atoms with Crippen molar-refractivity contribution in [1.82, 2.24) is 9.80 Å². The van der Waals surface area contributed by atoms with Gasteiger partial charge in [-0.05, 0) is 79.1 Å². The Hall–Kier alpha value is -3.54. The zero-order valence-electron chi connectivity index (χ0n) is 20.7. The number of aliphatic imine (C=N–C) groups is 1. The molecule has 3 aromatic carbocycles. The van der Waals surface area contributed by atoms with Crippen LogP contribution in [0.5, 0.6) is 0 Å². The van der Waals surface area contributed by atoms with Gasteiger partial charge in [0.1, 0.15) is 17.2 Å². The van der Waals surface area contributed by atoms with Gasteiger partial charge in [0.05, 0.1) is 0 Å². The zero-order valence-corrected chi connectivity index (χ0v) is 20.7. The summed E-state index contributed by atoms with van der Waals surface area (Å²) in [5.41, 5.74) is 2.20. The van der Waals surface area contributed by atoms with Gasteiger partial charge in [-0.2, -0.15) is 0 Å². The van der Waals surface area contributed by atoms with Crippen molar-refractivity contribution in [2.45, 2.75) is 38.6 Å². The van der Waals surface area contributed by atoms with Crippen molar-refractivity contribution in [2.24, 2.45) is 16.8 Å². The second kappa shape index (κ2) is 8.54. The first-order valence-electron chi connectivity index (χ1n) is 12.8. The average molecular weight is 484 g/mol. The normalized spacial score (nSPS) is 21.4. The molecule has 3 aliphatic rings. The lowest BCUT2D eigenvalue weighted by molar-refractivity contribution is -0.131. The number of likely N-dealkylation sites (tertiary alicyclic amines) is 1. The largest absolute Gasteiger partial charge is 0.342 e. The lowest BCUT2D eigenvalue weighted by Gasteiger charge is -2.24. The minimum absolute atomic E-state index is 0.00954. The monoisotopic (exact) mass is 483 g/mol. The lowest BCUT2D eigenvalue weighted by atomic mass is 10.00. The van der Waals surface area contributed by atoms with Crippen LogP contribution >= 0.6 is 0 Å². The highest BCUT2D eigenvalue weighted by molar-refractivity contribution is 6.15. The van der Waals surface area contributed by atoms with Crippen molar-refractivity contribution in [3.05, 3.63) is 72.0 Å². The Morgan fingerprint density at radius 1 is 0.944 bits per heavy atom. The van der Waals surface area contributed by atoms with E-state index < -0.39 is 5.54 Å². The maximum Gasteiger partial charge on any atom is 0.255 e. The van der Waals surface area contributed by atoms with Crippen molar-refractivity contribution in [2.75, 3.05) is 19.6 Å². The SMILES string of the molecule is CC1(C)N=C(c2ccc(-c3ccc4cc(F)ccc4c3)cc2)N(CC2CCN(C(=O)C3CC3)C2)C1=O. The molecule has 184 valence electrons. The van der Waals surface area contributed by atoms with Gasteiger partial charge in [0.25, 0.3) is 5.91 Å². The molecule has 2 fully saturated rings. The van der Waals surface area contributed by atoms with E-state index in [2.05, 4.69) is 6.07 Å². The number of halogens is 1. The number of benzene rings is 3. The topological polar surface area (TPSA) is 53.0 Å². The number of hydrogen-bond donors (Lipinski definition) is 0. The molecule has 2 amide bonds. The summed E-state index contributed by atoms with van der Waals surface area (Å²) in [6, 6.07) is 18.9. The molecule has 36 heavy (non-hydrogen) atoms. The van der Waals surface area contributed by atoms with Crippen LogP contribution in [0.1, 0.15) is 38.7 Å². The molecule has 0 aromatic heterocycles. The third kappa shape index (κ3) is 4.19. The number of amidine groups is 1. The minimum atomic E-state index is -0.802. The minimum Gasteiger partial charge on any atom is -0.342 e. The molecular formula is C30H30FN3O2. The van der Waals surface area contributed by atoms with E-state index in [-0.39, 0.29) is 29.5 Å². The van der Waals surface area contributed by atoms with Crippen LogP contribution < -0.4 is 0 Å². The molecule has 1 saturated heterocycles. The molecule has 6 heteroatoms. The number of carbonyl (C=O) groups is 2. The molecule has 5 nitrogen and oxygen atoms in total. The van der Waals surface area contributed by atoms with Crippen molar-refractivity contribution in [1.29, 1.82) is 0 Å². The van der Waals surface area contributed by atoms with Crippen LogP contribution in [0.15, 0.2) is 65.7 Å². The second-order valence-corrected chi connectivity index (χ2v) is 10.9. The Kier molecular flexibility index (Phi) is 5.43. The average Bonchev–Trinajstić information content (AvgIpc) is 3.58. The summed E-state index contributed by atoms with van der Waals surface area (Å²) in [7, 11) is 0. The molecule has 1 aliphatic carbocycles. The van der Waals surface area contributed by atoms with Gasteiger partial charge < -0.3 is 4.90 Å². The fraction of sp³-hybridized carbons (Fsp3) is 0.367. The molecule has 6 rings (SSSR count). The van der Waals surface area contributed by atoms with E-state index in [9.17, 15) is 14.0 Å². The quantitative estimate of drug-likeness (QED) is 0.496. The molecule has 1 saturated carbocycles. The fourth-order valence-corrected chi connectivity index (χ4v) is 5.43. The third-order valence-electron chi connectivity index (χ3n) is 7.65. The summed E-state index contributed by atoms with van der Waals surface area (Å²) < 4.78 is 13.5. The number of hydrogen-bond acceptors (Lipinski definition) is 3. The third-order valence-corrected chi connectivity index (χ3v) is 7.65. The maximum absolute atomic E-state index is 13.5. The highest BCUT2D eigenvalue weighted by Crippen LogP contribution is 2.34. The van der Waals surface area contributed by atoms with Crippen LogP contribution in [0.25, 0.3) is 21.9 Å². The molecule has 1 unspecified atom stereocenters. The van der Waals surface area contributed by atoms with E-state index in [4.69, 9.17) is 4.99 Å². The lowest BCUT2D eigenvalue weighted by Crippen LogP contribution is -2.42. The smallest absolute Gasteiger partial charge is 0.255 e. The fourth-order valence-electron chi connectivity index (χ4n) is 5.43. The summed E-state index contributed by atoms with van der Waals surface area (Å²) in [5.74, 6) is 1.26. The first-order chi connectivity index (χ1) is 17.3. The predicted octanol–water partition coefficient (Wildman–Crippen LogP) is 5.27. The summed E-state index contributed by atoms with van der Waals surface area (Å²) in [6.45, 7) is 5.81. The summed E-state index contributed by atoms with van der Waals surface area (Å²) in [5, 5.41) is 1.86. The van der Waals surface area contributed by atoms with Crippen molar-refractivity contribution in [3.8, 4) is 11.1 Å². The van der Waals surface area contributed by atoms with E-state index in [0.29, 0.717) is 12.4 Å². The summed E-state index contributed by atoms with van der Waals surface area (Å²) in [6.07, 6.45) is 2.95. The van der Waals surface area contributed by atoms with E-state index in [1.807, 2.05) is 60.0 Å². The second-order valence-electron chi connectivity index (χ2n) is 10.9. The van der Waals surface area contributed by atoms with Crippen LogP contribution in [0.4, 0.5) is 4.39 Å². The Morgan fingerprint density at radius 2 is 1.61 bits per heavy atom. The molecule has 0 bridgehead atoms. The zero-order chi connectivity index (χ0) is 25.0. The molecule has 0 radical (unpaired) electrons. The van der Waals surface area contributed by atoms with Gasteiger partial charge in [-0.25, -0.2) is 4.39 Å². The van der Waals surface area contributed by atoms with Crippen LogP contribution in [0, 0.1) is 17.7 Å². The van der Waals surface area contributed by atoms with Crippen molar-refractivity contribution < 1.29 is 14.0 Å². The molecule has 0 N–H and O–H groups in total. The van der Waals surface area contributed by atoms with Crippen LogP contribution in [0.3, 0.4) is 0 Å². The molecule has 0 spiro atoms. The Morgan fingerprint density at radius 3 is 2.36 bits per heavy atom. The van der Waals surface area contributed by atoms with Crippen LogP contribution in [0.2, 0.25) is 0 Å². The highest BCUT2D eigenvalue weighted by Gasteiger charge is 2.43. The maximum atomic E-state index is 13.5. The molecular weight excluding hydrogens is 453 g/mol. The van der Waals surface area contributed by atoms with Crippen molar-refractivity contribution >= 4 is 28.4 Å². The van der Waals surface area contributed by atoms with Gasteiger partial charge in [0.2, 0.25) is 5.91 Å². The summed E-state index contributed by atoms with van der Waals surface area (Å²) >= 11 is 0. The predicted molar refractivity (Wildman–Crippen MR) is 139 cm³/mol. The van der Waals surface area contributed by atoms with E-state index in [0.717, 1.165) is 59.8 Å². The Labute approximate surface area is 210 Å². The molecule has 2 aliphatic heterocycles. The number of rotatable bonds is 5. The van der Waals surface area contributed by atoms with E-state index in [1.54, 1.807) is 12.1 Å². The van der Waals surface area contributed by atoms with Crippen molar-refractivity contribution in [3.63, 3.8) is 0 Å². The number of nitrogens with zero attached hydrogens (tertiary/aromatic N) is 3. The first-order valence-corrected chi connectivity index (χ1v) is 12.8. The van der Waals surface area contributed by atoms with Gasteiger partial charge >= 0.3 is 0 Å². The Balaban J connectivity index is 1.22. The van der Waals surface area contributed by atoms with Gasteiger partial charge in [0, 0.05) is 31.1 Å². The van der Waals surface area contributed by atoms with E-state index >= 15 is 0 Å². The van der Waals surface area contributed by atoms with Gasteiger partial charge in [-0.1, -0.05) is 42.5 Å². The summed E-state index contributed by atoms with van der Waals surface area (Å²) in [4.78, 5) is 34.4. The van der Waals surface area contributed by atoms with Crippen LogP contribution in [-0.4, -0.2) is 52.6 Å². The molecule has 1 atom stereocenters. The van der Waals surface area contributed by atoms with E-state index in [1.165, 1.54) is 6.07 Å². The highest BCUT2D eigenvalue weighted by atomic mass is 19.1. The Bertz CT molecular complexity index is 1390. The standard InChI is InChI=1S/C30H30FN3O2/c1-30(2)29(36)34(18-19-13-14-33(17-19)28(35)22-7-8-22)27(32-30)21-5-3-20(4-6-21)23-9-10-25-16-26(31)12-11-24(25)15-23/h3-6,9-12,15-16,19,22H,7-8,13-14,17-18H2,1-2H3. The van der Waals surface area contributed by atoms with Gasteiger partial charge in [0.15, 0.2) is 0 Å². The number of fused-ring (bicyclic) bond motifs is 1. The molecule has 2 heterocycles. The van der Waals surface area contributed by atoms with Gasteiger partial charge in [-0.3, -0.25) is 19.5 Å². The van der Waals surface area contributed by atoms with Gasteiger partial charge in [-0.15, -0.1) is 0 Å². The number of carbonyl (C=O) groups excluding carboxylic acids is 2. The van der Waals surface area contributed by atoms with Crippen LogP contribution in [-0.2, 0) is 9.59 Å². The number of amides is 2.